The second kappa shape index (κ2) is 9.21. The van der Waals surface area contributed by atoms with E-state index in [0.29, 0.717) is 31.5 Å². The SMILES string of the molecule is CC1CCN(CC(=O)N2CCCCC(CNC(=O)Cn3cccc3)C2)C1. The number of rotatable bonds is 6. The molecular formula is C20H32N4O2. The van der Waals surface area contributed by atoms with Gasteiger partial charge in [0.15, 0.2) is 0 Å². The van der Waals surface area contributed by atoms with Gasteiger partial charge in [-0.15, -0.1) is 0 Å². The zero-order valence-electron chi connectivity index (χ0n) is 15.9. The van der Waals surface area contributed by atoms with E-state index >= 15 is 0 Å². The van der Waals surface area contributed by atoms with Crippen LogP contribution in [0.3, 0.4) is 0 Å². The van der Waals surface area contributed by atoms with Crippen molar-refractivity contribution >= 4 is 11.8 Å². The van der Waals surface area contributed by atoms with E-state index in [4.69, 9.17) is 0 Å². The van der Waals surface area contributed by atoms with Gasteiger partial charge >= 0.3 is 0 Å². The van der Waals surface area contributed by atoms with Gasteiger partial charge in [-0.3, -0.25) is 14.5 Å². The van der Waals surface area contributed by atoms with Crippen molar-refractivity contribution in [1.82, 2.24) is 19.7 Å². The number of nitrogens with zero attached hydrogens (tertiary/aromatic N) is 3. The number of carbonyl (C=O) groups excluding carboxylic acids is 2. The molecule has 6 heteroatoms. The van der Waals surface area contributed by atoms with Gasteiger partial charge < -0.3 is 14.8 Å². The van der Waals surface area contributed by atoms with Crippen molar-refractivity contribution in [3.63, 3.8) is 0 Å². The summed E-state index contributed by atoms with van der Waals surface area (Å²) in [5, 5.41) is 3.05. The molecule has 2 atom stereocenters. The smallest absolute Gasteiger partial charge is 0.239 e. The van der Waals surface area contributed by atoms with E-state index in [0.717, 1.165) is 45.4 Å². The van der Waals surface area contributed by atoms with Gasteiger partial charge in [-0.1, -0.05) is 13.3 Å². The molecule has 6 nitrogen and oxygen atoms in total. The lowest BCUT2D eigenvalue weighted by atomic mass is 10.0. The number of hydrogen-bond acceptors (Lipinski definition) is 3. The maximum atomic E-state index is 12.7. The molecule has 1 aromatic heterocycles. The van der Waals surface area contributed by atoms with E-state index in [2.05, 4.69) is 17.1 Å². The van der Waals surface area contributed by atoms with Crippen LogP contribution >= 0.6 is 0 Å². The Bertz CT molecular complexity index is 587. The van der Waals surface area contributed by atoms with E-state index in [9.17, 15) is 9.59 Å². The molecule has 1 aromatic rings. The number of amides is 2. The number of hydrogen-bond donors (Lipinski definition) is 1. The second-order valence-corrected chi connectivity index (χ2v) is 7.99. The van der Waals surface area contributed by atoms with Crippen molar-refractivity contribution in [2.24, 2.45) is 11.8 Å². The molecule has 1 N–H and O–H groups in total. The van der Waals surface area contributed by atoms with Crippen molar-refractivity contribution in [2.75, 3.05) is 39.3 Å². The van der Waals surface area contributed by atoms with Crippen LogP contribution in [0.15, 0.2) is 24.5 Å². The van der Waals surface area contributed by atoms with E-state index in [1.807, 2.05) is 34.0 Å². The van der Waals surface area contributed by atoms with Crippen LogP contribution in [0.1, 0.15) is 32.6 Å². The lowest BCUT2D eigenvalue weighted by molar-refractivity contribution is -0.132. The Labute approximate surface area is 156 Å². The van der Waals surface area contributed by atoms with Crippen LogP contribution in [0.2, 0.25) is 0 Å². The van der Waals surface area contributed by atoms with Gasteiger partial charge in [0.2, 0.25) is 11.8 Å². The summed E-state index contributed by atoms with van der Waals surface area (Å²) in [4.78, 5) is 29.1. The summed E-state index contributed by atoms with van der Waals surface area (Å²) in [7, 11) is 0. The molecule has 3 rings (SSSR count). The van der Waals surface area contributed by atoms with Crippen LogP contribution in [0.5, 0.6) is 0 Å². The first-order valence-electron chi connectivity index (χ1n) is 9.97. The van der Waals surface area contributed by atoms with Crippen molar-refractivity contribution in [3.05, 3.63) is 24.5 Å². The molecule has 2 saturated heterocycles. The zero-order chi connectivity index (χ0) is 18.4. The second-order valence-electron chi connectivity index (χ2n) is 7.99. The van der Waals surface area contributed by atoms with Crippen LogP contribution < -0.4 is 5.32 Å². The molecule has 0 saturated carbocycles. The minimum absolute atomic E-state index is 0.0365. The van der Waals surface area contributed by atoms with E-state index < -0.39 is 0 Å². The monoisotopic (exact) mass is 360 g/mol. The van der Waals surface area contributed by atoms with Crippen LogP contribution in [0.25, 0.3) is 0 Å². The first kappa shape index (κ1) is 19.0. The molecule has 0 bridgehead atoms. The average molecular weight is 361 g/mol. The summed E-state index contributed by atoms with van der Waals surface area (Å²) in [6, 6.07) is 3.84. The van der Waals surface area contributed by atoms with Gasteiger partial charge in [0.05, 0.1) is 6.54 Å². The molecule has 0 spiro atoms. The molecule has 2 aliphatic rings. The summed E-state index contributed by atoms with van der Waals surface area (Å²) in [6.07, 6.45) is 8.26. The predicted octanol–water partition coefficient (Wildman–Crippen LogP) is 1.57. The molecule has 0 radical (unpaired) electrons. The molecule has 0 aromatic carbocycles. The van der Waals surface area contributed by atoms with E-state index in [-0.39, 0.29) is 11.8 Å². The summed E-state index contributed by atoms with van der Waals surface area (Å²) >= 11 is 0. The number of carbonyl (C=O) groups is 2. The molecular weight excluding hydrogens is 328 g/mol. The molecule has 26 heavy (non-hydrogen) atoms. The van der Waals surface area contributed by atoms with Crippen LogP contribution in [-0.4, -0.2) is 65.4 Å². The molecule has 0 aliphatic carbocycles. The number of aromatic nitrogens is 1. The fourth-order valence-electron chi connectivity index (χ4n) is 4.04. The average Bonchev–Trinajstić information content (AvgIpc) is 3.19. The van der Waals surface area contributed by atoms with Gasteiger partial charge in [-0.25, -0.2) is 0 Å². The maximum absolute atomic E-state index is 12.7. The lowest BCUT2D eigenvalue weighted by Crippen LogP contribution is -2.43. The van der Waals surface area contributed by atoms with E-state index in [1.165, 1.54) is 6.42 Å². The number of nitrogens with one attached hydrogen (secondary N) is 1. The Morgan fingerprint density at radius 2 is 1.85 bits per heavy atom. The van der Waals surface area contributed by atoms with Gasteiger partial charge in [0, 0.05) is 38.6 Å². The first-order chi connectivity index (χ1) is 12.6. The van der Waals surface area contributed by atoms with Crippen LogP contribution in [0, 0.1) is 11.8 Å². The minimum Gasteiger partial charge on any atom is -0.354 e. The normalized spacial score (nSPS) is 24.4. The first-order valence-corrected chi connectivity index (χ1v) is 9.97. The van der Waals surface area contributed by atoms with Gasteiger partial charge in [-0.05, 0) is 49.8 Å². The third kappa shape index (κ3) is 5.59. The molecule has 2 fully saturated rings. The van der Waals surface area contributed by atoms with Crippen molar-refractivity contribution in [1.29, 1.82) is 0 Å². The Morgan fingerprint density at radius 3 is 2.58 bits per heavy atom. The summed E-state index contributed by atoms with van der Waals surface area (Å²) in [5.74, 6) is 1.35. The summed E-state index contributed by atoms with van der Waals surface area (Å²) in [6.45, 7) is 7.53. The Morgan fingerprint density at radius 1 is 1.04 bits per heavy atom. The number of likely N-dealkylation sites (tertiary alicyclic amines) is 2. The Hall–Kier alpha value is -1.82. The Kier molecular flexibility index (Phi) is 6.72. The minimum atomic E-state index is 0.0365. The zero-order valence-corrected chi connectivity index (χ0v) is 15.9. The lowest BCUT2D eigenvalue weighted by Gasteiger charge is -2.27. The Balaban J connectivity index is 1.44. The summed E-state index contributed by atoms with van der Waals surface area (Å²) in [5.41, 5.74) is 0. The quantitative estimate of drug-likeness (QED) is 0.838. The van der Waals surface area contributed by atoms with Gasteiger partial charge in [0.25, 0.3) is 0 Å². The predicted molar refractivity (Wildman–Crippen MR) is 102 cm³/mol. The maximum Gasteiger partial charge on any atom is 0.239 e. The fraction of sp³-hybridized carbons (Fsp3) is 0.700. The molecule has 2 aliphatic heterocycles. The third-order valence-electron chi connectivity index (χ3n) is 5.57. The molecule has 144 valence electrons. The van der Waals surface area contributed by atoms with E-state index in [1.54, 1.807) is 0 Å². The topological polar surface area (TPSA) is 57.6 Å². The highest BCUT2D eigenvalue weighted by atomic mass is 16.2. The molecule has 2 amide bonds. The van der Waals surface area contributed by atoms with Crippen molar-refractivity contribution < 1.29 is 9.59 Å². The molecule has 2 unspecified atom stereocenters. The largest absolute Gasteiger partial charge is 0.354 e. The molecule has 3 heterocycles. The highest BCUT2D eigenvalue weighted by Crippen LogP contribution is 2.18. The summed E-state index contributed by atoms with van der Waals surface area (Å²) < 4.78 is 1.87. The van der Waals surface area contributed by atoms with Crippen molar-refractivity contribution in [3.8, 4) is 0 Å². The van der Waals surface area contributed by atoms with Crippen molar-refractivity contribution in [2.45, 2.75) is 39.2 Å². The fourth-order valence-corrected chi connectivity index (χ4v) is 4.04. The van der Waals surface area contributed by atoms with Gasteiger partial charge in [0.1, 0.15) is 6.54 Å². The van der Waals surface area contributed by atoms with Crippen LogP contribution in [-0.2, 0) is 16.1 Å². The van der Waals surface area contributed by atoms with Gasteiger partial charge in [-0.2, -0.15) is 0 Å². The highest BCUT2D eigenvalue weighted by molar-refractivity contribution is 5.78. The van der Waals surface area contributed by atoms with Crippen LogP contribution in [0.4, 0.5) is 0 Å². The highest BCUT2D eigenvalue weighted by Gasteiger charge is 2.26. The third-order valence-corrected chi connectivity index (χ3v) is 5.57. The standard InChI is InChI=1S/C20H32N4O2/c1-17-7-11-23(13-17)16-20(26)24-10-3-2-6-18(14-24)12-21-19(25)15-22-8-4-5-9-22/h4-5,8-9,17-18H,2-3,6-7,10-16H2,1H3,(H,21,25).